The first-order valence-electron chi connectivity index (χ1n) is 6.86. The van der Waals surface area contributed by atoms with Crippen LogP contribution in [0.4, 0.5) is 11.4 Å². The molecule has 0 spiro atoms. The fourth-order valence-electron chi connectivity index (χ4n) is 3.05. The number of nitro groups is 2. The molecule has 7 nitrogen and oxygen atoms in total. The lowest BCUT2D eigenvalue weighted by Crippen LogP contribution is -2.30. The van der Waals surface area contributed by atoms with Crippen molar-refractivity contribution >= 4 is 17.2 Å². The van der Waals surface area contributed by atoms with E-state index < -0.39 is 21.0 Å². The van der Waals surface area contributed by atoms with Gasteiger partial charge in [-0.15, -0.1) is 0 Å². The summed E-state index contributed by atoms with van der Waals surface area (Å²) in [7, 11) is 0. The van der Waals surface area contributed by atoms with Crippen LogP contribution in [0.1, 0.15) is 40.9 Å². The Morgan fingerprint density at radius 3 is 1.57 bits per heavy atom. The maximum atomic E-state index is 12.7. The topological polar surface area (TPSA) is 103 Å². The first kappa shape index (κ1) is 14.8. The average molecular weight is 312 g/mol. The lowest BCUT2D eigenvalue weighted by Gasteiger charge is -2.33. The van der Waals surface area contributed by atoms with Gasteiger partial charge in [-0.3, -0.25) is 25.0 Å². The fourth-order valence-corrected chi connectivity index (χ4v) is 3.05. The van der Waals surface area contributed by atoms with Crippen molar-refractivity contribution in [3.05, 3.63) is 78.9 Å². The molecular weight excluding hydrogens is 300 g/mol. The minimum Gasteiger partial charge on any atom is -0.289 e. The van der Waals surface area contributed by atoms with Gasteiger partial charge in [0.25, 0.3) is 11.4 Å². The number of ketones is 1. The maximum absolute atomic E-state index is 12.7. The van der Waals surface area contributed by atoms with Gasteiger partial charge in [0.2, 0.25) is 0 Å². The van der Waals surface area contributed by atoms with Crippen LogP contribution < -0.4 is 0 Å². The third-order valence-electron chi connectivity index (χ3n) is 4.26. The van der Waals surface area contributed by atoms with Crippen LogP contribution in [-0.4, -0.2) is 15.6 Å². The summed E-state index contributed by atoms with van der Waals surface area (Å²) in [4.78, 5) is 33.5. The van der Waals surface area contributed by atoms with Crippen LogP contribution in [0.25, 0.3) is 0 Å². The van der Waals surface area contributed by atoms with E-state index in [0.717, 1.165) is 0 Å². The van der Waals surface area contributed by atoms with Crippen LogP contribution in [0.5, 0.6) is 0 Å². The van der Waals surface area contributed by atoms with Gasteiger partial charge < -0.3 is 0 Å². The molecule has 0 atom stereocenters. The number of carbonyl (C=O) groups excluding carboxylic acids is 1. The average Bonchev–Trinajstić information content (AvgIpc) is 2.51. The van der Waals surface area contributed by atoms with E-state index in [1.807, 2.05) is 13.8 Å². The number of carbonyl (C=O) groups is 1. The Hall–Kier alpha value is -3.09. The van der Waals surface area contributed by atoms with Crippen LogP contribution in [0.15, 0.2) is 36.4 Å². The summed E-state index contributed by atoms with van der Waals surface area (Å²) in [6.45, 7) is 3.77. The number of hydrogen-bond acceptors (Lipinski definition) is 5. The van der Waals surface area contributed by atoms with Crippen LogP contribution in [0, 0.1) is 20.2 Å². The second kappa shape index (κ2) is 4.70. The number of nitro benzene ring substituents is 2. The molecule has 0 bridgehead atoms. The molecule has 3 rings (SSSR count). The molecule has 116 valence electrons. The third kappa shape index (κ3) is 2.09. The van der Waals surface area contributed by atoms with Crippen LogP contribution in [0.2, 0.25) is 0 Å². The van der Waals surface area contributed by atoms with Crippen molar-refractivity contribution in [2.24, 2.45) is 0 Å². The molecule has 1 aliphatic rings. The fraction of sp³-hybridized carbons (Fsp3) is 0.188. The normalized spacial score (nSPS) is 14.8. The van der Waals surface area contributed by atoms with Crippen LogP contribution >= 0.6 is 0 Å². The summed E-state index contributed by atoms with van der Waals surface area (Å²) in [5.74, 6) is -0.429. The molecule has 0 saturated heterocycles. The van der Waals surface area contributed by atoms with E-state index in [4.69, 9.17) is 0 Å². The van der Waals surface area contributed by atoms with E-state index in [1.54, 1.807) is 12.1 Å². The highest BCUT2D eigenvalue weighted by molar-refractivity contribution is 6.13. The first-order chi connectivity index (χ1) is 10.7. The number of nitrogens with zero attached hydrogens (tertiary/aromatic N) is 2. The highest BCUT2D eigenvalue weighted by atomic mass is 16.6. The van der Waals surface area contributed by atoms with Crippen molar-refractivity contribution in [2.75, 3.05) is 0 Å². The van der Waals surface area contributed by atoms with Crippen molar-refractivity contribution in [1.82, 2.24) is 0 Å². The summed E-state index contributed by atoms with van der Waals surface area (Å²) in [6.07, 6.45) is 0. The highest BCUT2D eigenvalue weighted by Gasteiger charge is 2.38. The minimum absolute atomic E-state index is 0.179. The number of benzene rings is 2. The van der Waals surface area contributed by atoms with Gasteiger partial charge in [-0.2, -0.15) is 0 Å². The molecule has 0 aliphatic heterocycles. The molecule has 2 aromatic carbocycles. The molecule has 23 heavy (non-hydrogen) atoms. The SMILES string of the molecule is CC1(C)c2ccc([N+](=O)[O-])cc2C(=O)c2cc([N+](=O)[O-])ccc21. The Kier molecular flexibility index (Phi) is 3.03. The molecule has 0 fully saturated rings. The molecule has 1 aliphatic carbocycles. The zero-order valence-electron chi connectivity index (χ0n) is 12.4. The zero-order valence-corrected chi connectivity index (χ0v) is 12.4. The van der Waals surface area contributed by atoms with Crippen molar-refractivity contribution in [3.8, 4) is 0 Å². The summed E-state index contributed by atoms with van der Waals surface area (Å²) in [5.41, 5.74) is 0.852. The molecule has 0 amide bonds. The molecule has 0 radical (unpaired) electrons. The van der Waals surface area contributed by atoms with Gasteiger partial charge in [-0.1, -0.05) is 26.0 Å². The predicted octanol–water partition coefficient (Wildman–Crippen LogP) is 3.37. The molecule has 0 N–H and O–H groups in total. The lowest BCUT2D eigenvalue weighted by molar-refractivity contribution is -0.385. The van der Waals surface area contributed by atoms with Crippen molar-refractivity contribution in [1.29, 1.82) is 0 Å². The molecule has 0 saturated carbocycles. The van der Waals surface area contributed by atoms with Crippen molar-refractivity contribution < 1.29 is 14.6 Å². The largest absolute Gasteiger partial charge is 0.289 e. The van der Waals surface area contributed by atoms with E-state index in [2.05, 4.69) is 0 Å². The van der Waals surface area contributed by atoms with Gasteiger partial charge in [0.05, 0.1) is 9.85 Å². The number of hydrogen-bond donors (Lipinski definition) is 0. The van der Waals surface area contributed by atoms with Gasteiger partial charge in [-0.05, 0) is 11.1 Å². The second-order valence-corrected chi connectivity index (χ2v) is 5.93. The highest BCUT2D eigenvalue weighted by Crippen LogP contribution is 2.43. The Morgan fingerprint density at radius 2 is 1.22 bits per heavy atom. The molecule has 0 unspecified atom stereocenters. The summed E-state index contributed by atoms with van der Waals surface area (Å²) in [5, 5.41) is 21.9. The van der Waals surface area contributed by atoms with Crippen molar-refractivity contribution in [2.45, 2.75) is 19.3 Å². The van der Waals surface area contributed by atoms with Gasteiger partial charge in [0, 0.05) is 40.8 Å². The van der Waals surface area contributed by atoms with Crippen molar-refractivity contribution in [3.63, 3.8) is 0 Å². The van der Waals surface area contributed by atoms with E-state index >= 15 is 0 Å². The summed E-state index contributed by atoms with van der Waals surface area (Å²) >= 11 is 0. The Morgan fingerprint density at radius 1 is 0.826 bits per heavy atom. The summed E-state index contributed by atoms with van der Waals surface area (Å²) in [6, 6.07) is 8.36. The number of non-ortho nitro benzene ring substituents is 2. The maximum Gasteiger partial charge on any atom is 0.270 e. The number of fused-ring (bicyclic) bond motifs is 2. The van der Waals surface area contributed by atoms with Gasteiger partial charge >= 0.3 is 0 Å². The Bertz CT molecular complexity index is 817. The standard InChI is InChI=1S/C16H12N2O5/c1-16(2)13-5-3-9(17(20)21)7-11(13)15(19)12-8-10(18(22)23)4-6-14(12)16/h3-8H,1-2H3. The molecule has 0 heterocycles. The van der Waals surface area contributed by atoms with E-state index in [1.165, 1.54) is 24.3 Å². The molecule has 0 aromatic heterocycles. The van der Waals surface area contributed by atoms with E-state index in [9.17, 15) is 25.0 Å². The van der Waals surface area contributed by atoms with Crippen LogP contribution in [0.3, 0.4) is 0 Å². The smallest absolute Gasteiger partial charge is 0.270 e. The first-order valence-corrected chi connectivity index (χ1v) is 6.86. The molecule has 7 heteroatoms. The lowest BCUT2D eigenvalue weighted by atomic mass is 9.68. The quantitative estimate of drug-likeness (QED) is 0.624. The van der Waals surface area contributed by atoms with Gasteiger partial charge in [0.1, 0.15) is 0 Å². The van der Waals surface area contributed by atoms with E-state index in [0.29, 0.717) is 11.1 Å². The second-order valence-electron chi connectivity index (χ2n) is 5.93. The van der Waals surface area contributed by atoms with Gasteiger partial charge in [0.15, 0.2) is 5.78 Å². The number of rotatable bonds is 2. The van der Waals surface area contributed by atoms with Gasteiger partial charge in [-0.25, -0.2) is 0 Å². The monoisotopic (exact) mass is 312 g/mol. The molecule has 2 aromatic rings. The zero-order chi connectivity index (χ0) is 16.9. The summed E-state index contributed by atoms with van der Waals surface area (Å²) < 4.78 is 0. The minimum atomic E-state index is -0.581. The third-order valence-corrected chi connectivity index (χ3v) is 4.26. The Balaban J connectivity index is 2.29. The predicted molar refractivity (Wildman–Crippen MR) is 81.8 cm³/mol. The Labute approximate surface area is 130 Å². The molecular formula is C16H12N2O5. The van der Waals surface area contributed by atoms with Crippen LogP contribution in [-0.2, 0) is 5.41 Å². The van der Waals surface area contributed by atoms with E-state index in [-0.39, 0.29) is 22.5 Å².